The Morgan fingerprint density at radius 2 is 2.03 bits per heavy atom. The number of pyridine rings is 2. The molecule has 172 valence electrons. The molecule has 3 aromatic rings. The molecule has 33 heavy (non-hydrogen) atoms. The van der Waals surface area contributed by atoms with Crippen molar-refractivity contribution in [3.05, 3.63) is 76.7 Å². The minimum absolute atomic E-state index is 0.0440. The number of aliphatic hydroxyl groups is 1. The Labute approximate surface area is 204 Å². The maximum atomic E-state index is 11.9. The van der Waals surface area contributed by atoms with Gasteiger partial charge in [-0.2, -0.15) is 0 Å². The Morgan fingerprint density at radius 3 is 2.76 bits per heavy atom. The molecular formula is C26H28Cl2N3O2+. The molecule has 0 saturated carbocycles. The fourth-order valence-electron chi connectivity index (χ4n) is 6.09. The fourth-order valence-corrected chi connectivity index (χ4v) is 6.59. The lowest BCUT2D eigenvalue weighted by molar-refractivity contribution is -0.984. The molecule has 0 radical (unpaired) electrons. The molecular weight excluding hydrogens is 457 g/mol. The second-order valence-electron chi connectivity index (χ2n) is 9.38. The number of benzene rings is 1. The lowest BCUT2D eigenvalue weighted by Gasteiger charge is -2.58. The summed E-state index contributed by atoms with van der Waals surface area (Å²) in [5.41, 5.74) is 2.79. The highest BCUT2D eigenvalue weighted by molar-refractivity contribution is 6.32. The summed E-state index contributed by atoms with van der Waals surface area (Å²) in [5.74, 6) is 1.73. The largest absolute Gasteiger partial charge is 0.497 e. The number of nitrogens with zero attached hydrogens (tertiary/aromatic N) is 3. The first kappa shape index (κ1) is 22.6. The second-order valence-corrected chi connectivity index (χ2v) is 10.2. The van der Waals surface area contributed by atoms with Gasteiger partial charge in [0.25, 0.3) is 0 Å². The van der Waals surface area contributed by atoms with Gasteiger partial charge in [0.15, 0.2) is 0 Å². The summed E-state index contributed by atoms with van der Waals surface area (Å²) in [7, 11) is 1.65. The summed E-state index contributed by atoms with van der Waals surface area (Å²) >= 11 is 12.4. The van der Waals surface area contributed by atoms with E-state index in [4.69, 9.17) is 27.9 Å². The van der Waals surface area contributed by atoms with Crippen LogP contribution in [-0.2, 0) is 6.54 Å². The first-order chi connectivity index (χ1) is 15.9. The molecule has 3 saturated heterocycles. The van der Waals surface area contributed by atoms with Crippen LogP contribution >= 0.6 is 23.2 Å². The van der Waals surface area contributed by atoms with Crippen LogP contribution in [-0.4, -0.2) is 45.8 Å². The van der Waals surface area contributed by atoms with Gasteiger partial charge in [-0.15, -0.1) is 6.58 Å². The molecule has 6 rings (SSSR count). The number of hydrogen-bond donors (Lipinski definition) is 1. The van der Waals surface area contributed by atoms with Crippen molar-refractivity contribution in [3.8, 4) is 5.75 Å². The first-order valence-corrected chi connectivity index (χ1v) is 12.1. The van der Waals surface area contributed by atoms with Gasteiger partial charge in [-0.25, -0.2) is 4.98 Å². The Morgan fingerprint density at radius 1 is 1.24 bits per heavy atom. The highest BCUT2D eigenvalue weighted by Crippen LogP contribution is 2.48. The Bertz CT molecular complexity index is 1180. The smallest absolute Gasteiger partial charge is 0.131 e. The number of rotatable bonds is 6. The minimum Gasteiger partial charge on any atom is -0.497 e. The molecule has 0 spiro atoms. The summed E-state index contributed by atoms with van der Waals surface area (Å²) in [5, 5.41) is 13.6. The van der Waals surface area contributed by atoms with Gasteiger partial charge < -0.3 is 14.3 Å². The van der Waals surface area contributed by atoms with Crippen molar-refractivity contribution in [3.63, 3.8) is 0 Å². The van der Waals surface area contributed by atoms with Gasteiger partial charge in [0.05, 0.1) is 25.7 Å². The predicted octanol–water partition coefficient (Wildman–Crippen LogP) is 5.59. The summed E-state index contributed by atoms with van der Waals surface area (Å²) in [6.07, 6.45) is 5.31. The lowest BCUT2D eigenvalue weighted by atomic mass is 9.71. The average Bonchev–Trinajstić information content (AvgIpc) is 2.82. The van der Waals surface area contributed by atoms with E-state index in [0.717, 1.165) is 64.7 Å². The van der Waals surface area contributed by atoms with Gasteiger partial charge in [0.1, 0.15) is 34.7 Å². The third-order valence-electron chi connectivity index (χ3n) is 7.66. The third kappa shape index (κ3) is 4.12. The minimum atomic E-state index is -0.635. The molecule has 5 heterocycles. The van der Waals surface area contributed by atoms with Crippen LogP contribution in [0.3, 0.4) is 0 Å². The zero-order valence-corrected chi connectivity index (χ0v) is 20.1. The van der Waals surface area contributed by atoms with Crippen molar-refractivity contribution in [2.75, 3.05) is 20.2 Å². The molecule has 3 aliphatic heterocycles. The van der Waals surface area contributed by atoms with Crippen molar-refractivity contribution >= 4 is 34.1 Å². The van der Waals surface area contributed by atoms with Crippen molar-refractivity contribution in [2.24, 2.45) is 11.8 Å². The second kappa shape index (κ2) is 8.88. The first-order valence-electron chi connectivity index (χ1n) is 11.3. The number of methoxy groups -OCH3 is 1. The molecule has 7 heteroatoms. The lowest BCUT2D eigenvalue weighted by Crippen LogP contribution is -2.67. The maximum Gasteiger partial charge on any atom is 0.131 e. The molecule has 5 nitrogen and oxygen atoms in total. The fraction of sp³-hybridized carbons (Fsp3) is 0.385. The Balaban J connectivity index is 1.57. The van der Waals surface area contributed by atoms with Crippen LogP contribution in [0.25, 0.3) is 10.9 Å². The monoisotopic (exact) mass is 484 g/mol. The Kier molecular flexibility index (Phi) is 6.08. The van der Waals surface area contributed by atoms with Crippen molar-refractivity contribution < 1.29 is 14.3 Å². The van der Waals surface area contributed by atoms with Crippen LogP contribution in [0.4, 0.5) is 0 Å². The summed E-state index contributed by atoms with van der Waals surface area (Å²) in [6.45, 7) is 6.80. The van der Waals surface area contributed by atoms with Crippen molar-refractivity contribution in [2.45, 2.75) is 31.5 Å². The van der Waals surface area contributed by atoms with Crippen LogP contribution in [0.15, 0.2) is 55.3 Å². The van der Waals surface area contributed by atoms with E-state index in [9.17, 15) is 5.11 Å². The van der Waals surface area contributed by atoms with E-state index in [1.54, 1.807) is 13.3 Å². The van der Waals surface area contributed by atoms with Crippen LogP contribution in [0.1, 0.15) is 30.1 Å². The maximum absolute atomic E-state index is 11.9. The Hall–Kier alpha value is -2.18. The summed E-state index contributed by atoms with van der Waals surface area (Å²) in [6, 6.07) is 11.6. The topological polar surface area (TPSA) is 55.2 Å². The van der Waals surface area contributed by atoms with E-state index in [0.29, 0.717) is 22.1 Å². The van der Waals surface area contributed by atoms with Crippen LogP contribution in [0.5, 0.6) is 5.75 Å². The van der Waals surface area contributed by atoms with Gasteiger partial charge in [-0.1, -0.05) is 29.3 Å². The molecule has 1 aromatic carbocycles. The van der Waals surface area contributed by atoms with E-state index < -0.39 is 6.10 Å². The number of fused-ring (bicyclic) bond motifs is 4. The van der Waals surface area contributed by atoms with E-state index in [-0.39, 0.29) is 6.04 Å². The predicted molar refractivity (Wildman–Crippen MR) is 131 cm³/mol. The van der Waals surface area contributed by atoms with Gasteiger partial charge in [-0.3, -0.25) is 4.98 Å². The van der Waals surface area contributed by atoms with E-state index in [1.165, 1.54) is 0 Å². The van der Waals surface area contributed by atoms with Gasteiger partial charge >= 0.3 is 0 Å². The summed E-state index contributed by atoms with van der Waals surface area (Å²) < 4.78 is 6.22. The van der Waals surface area contributed by atoms with Gasteiger partial charge in [0.2, 0.25) is 0 Å². The molecule has 1 N–H and O–H groups in total. The molecule has 2 bridgehead atoms. The number of hydrogen-bond acceptors (Lipinski definition) is 4. The van der Waals surface area contributed by atoms with E-state index >= 15 is 0 Å². The molecule has 4 unspecified atom stereocenters. The number of aliphatic hydroxyl groups excluding tert-OH is 1. The third-order valence-corrected chi connectivity index (χ3v) is 8.05. The number of halogens is 2. The SMILES string of the molecule is C=CC1C[N+]2(Cc3cc(Cl)nc(Cl)c3)CCC1CC2[C@@H](O)c1ccnc2ccc(OC)cc12. The normalized spacial score (nSPS) is 27.5. The molecule has 2 aromatic heterocycles. The van der Waals surface area contributed by atoms with Crippen LogP contribution < -0.4 is 4.74 Å². The van der Waals surface area contributed by atoms with E-state index in [2.05, 4.69) is 22.6 Å². The summed E-state index contributed by atoms with van der Waals surface area (Å²) in [4.78, 5) is 8.61. The number of piperidine rings is 3. The number of aromatic nitrogens is 2. The zero-order valence-electron chi connectivity index (χ0n) is 18.6. The van der Waals surface area contributed by atoms with Crippen LogP contribution in [0.2, 0.25) is 10.3 Å². The van der Waals surface area contributed by atoms with Crippen LogP contribution in [0, 0.1) is 11.8 Å². The zero-order chi connectivity index (χ0) is 23.2. The molecule has 3 aliphatic rings. The molecule has 0 aliphatic carbocycles. The van der Waals surface area contributed by atoms with Gasteiger partial charge in [-0.05, 0) is 47.9 Å². The van der Waals surface area contributed by atoms with Crippen molar-refractivity contribution in [1.29, 1.82) is 0 Å². The highest BCUT2D eigenvalue weighted by Gasteiger charge is 2.54. The molecule has 3 fully saturated rings. The number of ether oxygens (including phenoxy) is 1. The standard InChI is InChI=1S/C26H28Cl2N3O2/c1-3-17-15-31(14-16-10-24(27)30-25(28)11-16)9-7-18(17)12-23(31)26(32)20-6-8-29-22-5-4-19(33-2)13-21(20)22/h3-6,8,10-11,13,17-18,23,26,32H,1,7,9,12,14-15H2,2H3/q+1/t17?,18?,23?,26-,31?/m0/s1. The van der Waals surface area contributed by atoms with E-state index in [1.807, 2.05) is 36.4 Å². The molecule has 5 atom stereocenters. The highest BCUT2D eigenvalue weighted by atomic mass is 35.5. The molecule has 0 amide bonds. The van der Waals surface area contributed by atoms with Gasteiger partial charge in [0, 0.05) is 35.9 Å². The van der Waals surface area contributed by atoms with Crippen molar-refractivity contribution in [1.82, 2.24) is 9.97 Å². The quantitative estimate of drug-likeness (QED) is 0.281. The average molecular weight is 485 g/mol. The number of quaternary nitrogens is 1.